The van der Waals surface area contributed by atoms with Gasteiger partial charge in [0.25, 0.3) is 0 Å². The molecule has 1 aromatic carbocycles. The number of carbonyl (C=O) groups excluding carboxylic acids is 1. The maximum absolute atomic E-state index is 11.3. The summed E-state index contributed by atoms with van der Waals surface area (Å²) >= 11 is 0. The van der Waals surface area contributed by atoms with Crippen molar-refractivity contribution in [3.63, 3.8) is 0 Å². The normalized spacial score (nSPS) is 11.9. The van der Waals surface area contributed by atoms with Gasteiger partial charge in [-0.05, 0) is 26.0 Å². The van der Waals surface area contributed by atoms with Crippen LogP contribution in [0.25, 0.3) is 0 Å². The number of amides is 1. The highest BCUT2D eigenvalue weighted by molar-refractivity contribution is 5.75. The fraction of sp³-hybridized carbons (Fsp3) is 0.462. The maximum atomic E-state index is 11.3. The summed E-state index contributed by atoms with van der Waals surface area (Å²) in [6.07, 6.45) is -0.224. The summed E-state index contributed by atoms with van der Waals surface area (Å²) in [5.41, 5.74) is 1.17. The van der Waals surface area contributed by atoms with Crippen molar-refractivity contribution in [1.82, 2.24) is 5.32 Å². The Bertz CT molecular complexity index is 346. The van der Waals surface area contributed by atoms with Crippen molar-refractivity contribution in [3.8, 4) is 5.75 Å². The van der Waals surface area contributed by atoms with Crippen molar-refractivity contribution in [3.05, 3.63) is 29.8 Å². The van der Waals surface area contributed by atoms with Gasteiger partial charge >= 0.3 is 0 Å². The second kappa shape index (κ2) is 6.91. The van der Waals surface area contributed by atoms with Crippen molar-refractivity contribution in [2.24, 2.45) is 0 Å². The first kappa shape index (κ1) is 13.5. The molecule has 1 rings (SSSR count). The molecule has 0 aromatic heterocycles. The van der Waals surface area contributed by atoms with Gasteiger partial charge in [0.15, 0.2) is 0 Å². The van der Waals surface area contributed by atoms with Crippen molar-refractivity contribution in [2.75, 3.05) is 13.2 Å². The van der Waals surface area contributed by atoms with Crippen molar-refractivity contribution in [2.45, 2.75) is 26.4 Å². The van der Waals surface area contributed by atoms with Gasteiger partial charge in [-0.15, -0.1) is 0 Å². The molecule has 0 aliphatic rings. The second-order valence-corrected chi connectivity index (χ2v) is 4.06. The maximum Gasteiger partial charge on any atom is 0.223 e. The molecule has 2 N–H and O–H groups in total. The Morgan fingerprint density at radius 2 is 2.06 bits per heavy atom. The summed E-state index contributed by atoms with van der Waals surface area (Å²) in [6.45, 7) is 4.26. The van der Waals surface area contributed by atoms with Crippen LogP contribution in [0.15, 0.2) is 24.3 Å². The number of carbonyl (C=O) groups is 1. The molecule has 94 valence electrons. The Kier molecular flexibility index (Phi) is 5.49. The minimum absolute atomic E-state index is 0.113. The molecule has 0 radical (unpaired) electrons. The lowest BCUT2D eigenvalue weighted by molar-refractivity contribution is -0.122. The molecule has 0 fully saturated rings. The molecule has 0 bridgehead atoms. The molecular formula is C13H19NO3. The Labute approximate surface area is 102 Å². The zero-order valence-corrected chi connectivity index (χ0v) is 10.3. The van der Waals surface area contributed by atoms with Crippen LogP contribution in [-0.4, -0.2) is 30.3 Å². The van der Waals surface area contributed by atoms with E-state index in [0.717, 1.165) is 5.75 Å². The monoisotopic (exact) mass is 237 g/mol. The zero-order chi connectivity index (χ0) is 12.7. The lowest BCUT2D eigenvalue weighted by atomic mass is 10.2. The summed E-state index contributed by atoms with van der Waals surface area (Å²) in [4.78, 5) is 11.3. The molecule has 0 aliphatic carbocycles. The summed E-state index contributed by atoms with van der Waals surface area (Å²) in [6, 6.07) is 7.68. The fourth-order valence-electron chi connectivity index (χ4n) is 1.25. The second-order valence-electron chi connectivity index (χ2n) is 4.06. The van der Waals surface area contributed by atoms with E-state index in [1.165, 1.54) is 5.56 Å². The minimum atomic E-state index is -0.517. The molecule has 1 atom stereocenters. The van der Waals surface area contributed by atoms with Crippen LogP contribution in [0.3, 0.4) is 0 Å². The van der Waals surface area contributed by atoms with E-state index in [4.69, 9.17) is 9.84 Å². The lowest BCUT2D eigenvalue weighted by Gasteiger charge is -2.08. The Hall–Kier alpha value is -1.55. The van der Waals surface area contributed by atoms with E-state index in [2.05, 4.69) is 5.32 Å². The highest BCUT2D eigenvalue weighted by Gasteiger charge is 2.03. The minimum Gasteiger partial charge on any atom is -0.493 e. The first-order valence-corrected chi connectivity index (χ1v) is 5.72. The zero-order valence-electron chi connectivity index (χ0n) is 10.3. The highest BCUT2D eigenvalue weighted by Crippen LogP contribution is 2.11. The number of ether oxygens (including phenoxy) is 1. The smallest absolute Gasteiger partial charge is 0.223 e. The first-order valence-electron chi connectivity index (χ1n) is 5.72. The highest BCUT2D eigenvalue weighted by atomic mass is 16.5. The lowest BCUT2D eigenvalue weighted by Crippen LogP contribution is -2.31. The molecule has 17 heavy (non-hydrogen) atoms. The van der Waals surface area contributed by atoms with Gasteiger partial charge in [-0.3, -0.25) is 4.79 Å². The summed E-state index contributed by atoms with van der Waals surface area (Å²) in [7, 11) is 0. The molecule has 1 amide bonds. The van der Waals surface area contributed by atoms with Gasteiger partial charge in [-0.1, -0.05) is 17.7 Å². The fourth-order valence-corrected chi connectivity index (χ4v) is 1.25. The van der Waals surface area contributed by atoms with Crippen LogP contribution >= 0.6 is 0 Å². The van der Waals surface area contributed by atoms with Gasteiger partial charge in [0, 0.05) is 6.54 Å². The number of aliphatic hydroxyl groups excluding tert-OH is 1. The van der Waals surface area contributed by atoms with Crippen LogP contribution in [0.4, 0.5) is 0 Å². The molecule has 0 saturated carbocycles. The molecular weight excluding hydrogens is 218 g/mol. The predicted molar refractivity (Wildman–Crippen MR) is 66.0 cm³/mol. The Morgan fingerprint density at radius 1 is 1.41 bits per heavy atom. The average molecular weight is 237 g/mol. The topological polar surface area (TPSA) is 58.6 Å². The third-order valence-electron chi connectivity index (χ3n) is 2.21. The molecule has 0 spiro atoms. The quantitative estimate of drug-likeness (QED) is 0.783. The number of benzene rings is 1. The van der Waals surface area contributed by atoms with Gasteiger partial charge in [0.1, 0.15) is 5.75 Å². The van der Waals surface area contributed by atoms with Crippen molar-refractivity contribution in [1.29, 1.82) is 0 Å². The van der Waals surface area contributed by atoms with Crippen LogP contribution in [-0.2, 0) is 4.79 Å². The van der Waals surface area contributed by atoms with E-state index in [1.54, 1.807) is 6.92 Å². The molecule has 0 heterocycles. The van der Waals surface area contributed by atoms with Gasteiger partial charge in [-0.25, -0.2) is 0 Å². The number of nitrogens with one attached hydrogen (secondary N) is 1. The predicted octanol–water partition coefficient (Wildman–Crippen LogP) is 1.26. The molecule has 0 saturated heterocycles. The van der Waals surface area contributed by atoms with Gasteiger partial charge in [-0.2, -0.15) is 0 Å². The van der Waals surface area contributed by atoms with E-state index in [-0.39, 0.29) is 12.5 Å². The molecule has 0 aliphatic heterocycles. The van der Waals surface area contributed by atoms with Crippen LogP contribution in [0.1, 0.15) is 18.9 Å². The largest absolute Gasteiger partial charge is 0.493 e. The van der Waals surface area contributed by atoms with E-state index in [9.17, 15) is 4.79 Å². The van der Waals surface area contributed by atoms with Gasteiger partial charge < -0.3 is 15.2 Å². The van der Waals surface area contributed by atoms with E-state index < -0.39 is 6.10 Å². The standard InChI is InChI=1S/C13H19NO3/c1-10-3-5-12(6-4-10)17-8-7-13(16)14-9-11(2)15/h3-6,11,15H,7-9H2,1-2H3,(H,14,16). The first-order chi connectivity index (χ1) is 8.08. The van der Waals surface area contributed by atoms with Crippen molar-refractivity contribution >= 4 is 5.91 Å². The summed E-state index contributed by atoms with van der Waals surface area (Å²) < 4.78 is 5.42. The van der Waals surface area contributed by atoms with Crippen LogP contribution in [0.2, 0.25) is 0 Å². The number of rotatable bonds is 6. The van der Waals surface area contributed by atoms with Gasteiger partial charge in [0.2, 0.25) is 5.91 Å². The molecule has 1 unspecified atom stereocenters. The third-order valence-corrected chi connectivity index (χ3v) is 2.21. The summed E-state index contributed by atoms with van der Waals surface area (Å²) in [5, 5.41) is 11.6. The SMILES string of the molecule is Cc1ccc(OCCC(=O)NCC(C)O)cc1. The molecule has 4 heteroatoms. The van der Waals surface area contributed by atoms with Crippen LogP contribution in [0.5, 0.6) is 5.75 Å². The van der Waals surface area contributed by atoms with Crippen LogP contribution in [0, 0.1) is 6.92 Å². The number of hydrogen-bond acceptors (Lipinski definition) is 3. The van der Waals surface area contributed by atoms with E-state index in [0.29, 0.717) is 13.0 Å². The summed E-state index contributed by atoms with van der Waals surface area (Å²) in [5.74, 6) is 0.650. The number of hydrogen-bond donors (Lipinski definition) is 2. The Balaban J connectivity index is 2.19. The molecule has 4 nitrogen and oxygen atoms in total. The number of aliphatic hydroxyl groups is 1. The van der Waals surface area contributed by atoms with Crippen LogP contribution < -0.4 is 10.1 Å². The average Bonchev–Trinajstić information content (AvgIpc) is 2.29. The number of aryl methyl sites for hydroxylation is 1. The third kappa shape index (κ3) is 5.92. The Morgan fingerprint density at radius 3 is 2.65 bits per heavy atom. The van der Waals surface area contributed by atoms with E-state index >= 15 is 0 Å². The molecule has 1 aromatic rings. The van der Waals surface area contributed by atoms with Gasteiger partial charge in [0.05, 0.1) is 19.1 Å². The van der Waals surface area contributed by atoms with E-state index in [1.807, 2.05) is 31.2 Å². The van der Waals surface area contributed by atoms with Crippen molar-refractivity contribution < 1.29 is 14.6 Å².